The fraction of sp³-hybridized carbons (Fsp3) is 0.385. The molecular formula is C13H16N2O3S. The minimum Gasteiger partial charge on any atom is -0.497 e. The van der Waals surface area contributed by atoms with Gasteiger partial charge < -0.3 is 20.1 Å². The zero-order chi connectivity index (χ0) is 13.8. The van der Waals surface area contributed by atoms with Crippen molar-refractivity contribution in [2.75, 3.05) is 26.8 Å². The number of ether oxygens (including phenoxy) is 2. The highest BCUT2D eigenvalue weighted by atomic mass is 32.1. The summed E-state index contributed by atoms with van der Waals surface area (Å²) in [6, 6.07) is 7.06. The molecule has 2 N–H and O–H groups in total. The molecule has 1 amide bonds. The van der Waals surface area contributed by atoms with Gasteiger partial charge in [-0.3, -0.25) is 4.79 Å². The van der Waals surface area contributed by atoms with Crippen LogP contribution in [0.25, 0.3) is 0 Å². The lowest BCUT2D eigenvalue weighted by molar-refractivity contribution is 0.00877. The maximum Gasteiger partial charge on any atom is 0.254 e. The average molecular weight is 280 g/mol. The zero-order valence-electron chi connectivity index (χ0n) is 10.7. The van der Waals surface area contributed by atoms with Crippen LogP contribution in [0.1, 0.15) is 10.4 Å². The highest BCUT2D eigenvalue weighted by Crippen LogP contribution is 2.16. The van der Waals surface area contributed by atoms with Crippen LogP contribution < -0.4 is 10.5 Å². The quantitative estimate of drug-likeness (QED) is 0.831. The first-order chi connectivity index (χ1) is 9.11. The van der Waals surface area contributed by atoms with Gasteiger partial charge in [0.2, 0.25) is 0 Å². The molecule has 1 heterocycles. The number of nitrogens with zero attached hydrogens (tertiary/aromatic N) is 1. The van der Waals surface area contributed by atoms with Crippen molar-refractivity contribution in [3.8, 4) is 5.75 Å². The second-order valence-electron chi connectivity index (χ2n) is 4.24. The average Bonchev–Trinajstić information content (AvgIpc) is 2.46. The predicted octanol–water partition coefficient (Wildman–Crippen LogP) is 0.822. The van der Waals surface area contributed by atoms with E-state index >= 15 is 0 Å². The Morgan fingerprint density at radius 2 is 2.37 bits per heavy atom. The van der Waals surface area contributed by atoms with Gasteiger partial charge in [0.05, 0.1) is 20.3 Å². The van der Waals surface area contributed by atoms with Gasteiger partial charge in [-0.1, -0.05) is 18.3 Å². The van der Waals surface area contributed by atoms with Crippen LogP contribution >= 0.6 is 12.2 Å². The van der Waals surface area contributed by atoms with Gasteiger partial charge in [0.1, 0.15) is 16.8 Å². The van der Waals surface area contributed by atoms with E-state index in [1.165, 1.54) is 0 Å². The molecule has 1 aromatic rings. The summed E-state index contributed by atoms with van der Waals surface area (Å²) < 4.78 is 10.5. The zero-order valence-corrected chi connectivity index (χ0v) is 11.5. The predicted molar refractivity (Wildman–Crippen MR) is 75.4 cm³/mol. The van der Waals surface area contributed by atoms with E-state index in [0.717, 1.165) is 0 Å². The van der Waals surface area contributed by atoms with Gasteiger partial charge in [-0.25, -0.2) is 0 Å². The summed E-state index contributed by atoms with van der Waals surface area (Å²) in [6.45, 7) is 1.37. The Balaban J connectivity index is 2.12. The molecule has 0 aromatic heterocycles. The number of nitrogens with two attached hydrogens (primary N) is 1. The fourth-order valence-electron chi connectivity index (χ4n) is 1.94. The second kappa shape index (κ2) is 5.99. The van der Waals surface area contributed by atoms with Crippen molar-refractivity contribution in [3.63, 3.8) is 0 Å². The van der Waals surface area contributed by atoms with Crippen molar-refractivity contribution >= 4 is 23.1 Å². The molecule has 6 heteroatoms. The number of carbonyl (C=O) groups excluding carboxylic acids is 1. The summed E-state index contributed by atoms with van der Waals surface area (Å²) in [6.07, 6.45) is -0.363. The Morgan fingerprint density at radius 1 is 1.58 bits per heavy atom. The minimum absolute atomic E-state index is 0.0662. The molecule has 1 aliphatic rings. The van der Waals surface area contributed by atoms with Gasteiger partial charge >= 0.3 is 0 Å². The van der Waals surface area contributed by atoms with Crippen molar-refractivity contribution in [1.82, 2.24) is 4.90 Å². The van der Waals surface area contributed by atoms with Crippen LogP contribution in [0.5, 0.6) is 5.75 Å². The number of carbonyl (C=O) groups is 1. The molecule has 19 heavy (non-hydrogen) atoms. The van der Waals surface area contributed by atoms with Crippen molar-refractivity contribution in [2.45, 2.75) is 6.10 Å². The highest BCUT2D eigenvalue weighted by Gasteiger charge is 2.26. The number of rotatable bonds is 3. The van der Waals surface area contributed by atoms with Crippen LogP contribution in [0.2, 0.25) is 0 Å². The highest BCUT2D eigenvalue weighted by molar-refractivity contribution is 7.80. The SMILES string of the molecule is COc1cccc(C(=O)N2CCOC(C(N)=S)C2)c1. The van der Waals surface area contributed by atoms with Gasteiger partial charge in [-0.2, -0.15) is 0 Å². The lowest BCUT2D eigenvalue weighted by Crippen LogP contribution is -2.49. The number of amides is 1. The van der Waals surface area contributed by atoms with E-state index in [9.17, 15) is 4.79 Å². The van der Waals surface area contributed by atoms with Gasteiger partial charge in [-0.15, -0.1) is 0 Å². The summed E-state index contributed by atoms with van der Waals surface area (Å²) in [5.74, 6) is 0.591. The third-order valence-corrected chi connectivity index (χ3v) is 3.25. The molecule has 1 aliphatic heterocycles. The molecule has 2 rings (SSSR count). The summed E-state index contributed by atoms with van der Waals surface area (Å²) in [5.41, 5.74) is 6.15. The number of methoxy groups -OCH3 is 1. The number of thiocarbonyl (C=S) groups is 1. The molecule has 1 fully saturated rings. The Kier molecular flexibility index (Phi) is 4.34. The summed E-state index contributed by atoms with van der Waals surface area (Å²) >= 11 is 4.91. The lowest BCUT2D eigenvalue weighted by Gasteiger charge is -2.32. The van der Waals surface area contributed by atoms with Crippen molar-refractivity contribution in [3.05, 3.63) is 29.8 Å². The van der Waals surface area contributed by atoms with Crippen LogP contribution in [0, 0.1) is 0 Å². The van der Waals surface area contributed by atoms with E-state index < -0.39 is 0 Å². The van der Waals surface area contributed by atoms with E-state index in [4.69, 9.17) is 27.4 Å². The third-order valence-electron chi connectivity index (χ3n) is 2.99. The molecular weight excluding hydrogens is 264 g/mol. The Labute approximate surface area is 117 Å². The van der Waals surface area contributed by atoms with E-state index in [2.05, 4.69) is 0 Å². The molecule has 1 unspecified atom stereocenters. The van der Waals surface area contributed by atoms with Crippen molar-refractivity contribution in [1.29, 1.82) is 0 Å². The van der Waals surface area contributed by atoms with Crippen molar-refractivity contribution < 1.29 is 14.3 Å². The summed E-state index contributed by atoms with van der Waals surface area (Å²) in [5, 5.41) is 0. The van der Waals surface area contributed by atoms with E-state index in [1.54, 1.807) is 36.3 Å². The van der Waals surface area contributed by atoms with Crippen LogP contribution in [0.4, 0.5) is 0 Å². The molecule has 5 nitrogen and oxygen atoms in total. The normalized spacial score (nSPS) is 19.0. The molecule has 0 radical (unpaired) electrons. The summed E-state index contributed by atoms with van der Waals surface area (Å²) in [4.78, 5) is 14.3. The standard InChI is InChI=1S/C13H16N2O3S/c1-17-10-4-2-3-9(7-10)13(16)15-5-6-18-11(8-15)12(14)19/h2-4,7,11H,5-6,8H2,1H3,(H2,14,19). The lowest BCUT2D eigenvalue weighted by atomic mass is 10.1. The Hall–Kier alpha value is -1.66. The number of benzene rings is 1. The maximum atomic E-state index is 12.4. The van der Waals surface area contributed by atoms with Gasteiger partial charge in [-0.05, 0) is 18.2 Å². The molecule has 1 atom stereocenters. The molecule has 1 saturated heterocycles. The first-order valence-corrected chi connectivity index (χ1v) is 6.37. The molecule has 0 saturated carbocycles. The van der Waals surface area contributed by atoms with Gasteiger partial charge in [0.15, 0.2) is 0 Å². The van der Waals surface area contributed by atoms with Crippen LogP contribution in [-0.4, -0.2) is 48.7 Å². The molecule has 0 spiro atoms. The molecule has 0 aliphatic carbocycles. The number of hydrogen-bond donors (Lipinski definition) is 1. The maximum absolute atomic E-state index is 12.4. The van der Waals surface area contributed by atoms with Crippen LogP contribution in [-0.2, 0) is 4.74 Å². The molecule has 1 aromatic carbocycles. The first kappa shape index (κ1) is 13.8. The first-order valence-electron chi connectivity index (χ1n) is 5.96. The molecule has 102 valence electrons. The number of hydrogen-bond acceptors (Lipinski definition) is 4. The Bertz CT molecular complexity index is 493. The van der Waals surface area contributed by atoms with Gasteiger partial charge in [0, 0.05) is 12.1 Å². The third kappa shape index (κ3) is 3.21. The summed E-state index contributed by atoms with van der Waals surface area (Å²) in [7, 11) is 1.57. The van der Waals surface area contributed by atoms with Crippen LogP contribution in [0.3, 0.4) is 0 Å². The van der Waals surface area contributed by atoms with E-state index in [-0.39, 0.29) is 17.0 Å². The van der Waals surface area contributed by atoms with Gasteiger partial charge in [0.25, 0.3) is 5.91 Å². The largest absolute Gasteiger partial charge is 0.497 e. The minimum atomic E-state index is -0.363. The number of morpholine rings is 1. The Morgan fingerprint density at radius 3 is 3.05 bits per heavy atom. The fourth-order valence-corrected chi connectivity index (χ4v) is 2.09. The topological polar surface area (TPSA) is 64.8 Å². The monoisotopic (exact) mass is 280 g/mol. The van der Waals surface area contributed by atoms with Crippen LogP contribution in [0.15, 0.2) is 24.3 Å². The van der Waals surface area contributed by atoms with E-state index in [0.29, 0.717) is 31.0 Å². The smallest absolute Gasteiger partial charge is 0.254 e. The molecule has 0 bridgehead atoms. The van der Waals surface area contributed by atoms with E-state index in [1.807, 2.05) is 0 Å². The second-order valence-corrected chi connectivity index (χ2v) is 4.72. The van der Waals surface area contributed by atoms with Crippen molar-refractivity contribution in [2.24, 2.45) is 5.73 Å².